The van der Waals surface area contributed by atoms with Crippen LogP contribution in [-0.4, -0.2) is 34.9 Å². The van der Waals surface area contributed by atoms with Gasteiger partial charge < -0.3 is 15.2 Å². The van der Waals surface area contributed by atoms with E-state index in [0.717, 1.165) is 38.9 Å². The normalized spacial score (nSPS) is 25.0. The van der Waals surface area contributed by atoms with Gasteiger partial charge in [0.15, 0.2) is 0 Å². The van der Waals surface area contributed by atoms with E-state index in [1.807, 2.05) is 6.20 Å². The highest BCUT2D eigenvalue weighted by molar-refractivity contribution is 5.83. The maximum atomic E-state index is 12.2. The molecule has 4 heteroatoms. The molecular formula is C19H25N3O. The van der Waals surface area contributed by atoms with Crippen molar-refractivity contribution < 1.29 is 4.79 Å². The first kappa shape index (κ1) is 14.8. The van der Waals surface area contributed by atoms with Crippen molar-refractivity contribution in [3.05, 3.63) is 36.0 Å². The van der Waals surface area contributed by atoms with E-state index < -0.39 is 0 Å². The number of amides is 1. The van der Waals surface area contributed by atoms with Crippen LogP contribution in [-0.2, 0) is 11.3 Å². The Morgan fingerprint density at radius 3 is 2.96 bits per heavy atom. The largest absolute Gasteiger partial charge is 0.361 e. The second kappa shape index (κ2) is 6.00. The maximum Gasteiger partial charge on any atom is 0.225 e. The molecule has 2 atom stereocenters. The number of piperidine rings is 1. The molecule has 1 aliphatic carbocycles. The zero-order chi connectivity index (χ0) is 15.8. The number of nitrogens with zero attached hydrogens (tertiary/aromatic N) is 1. The number of fused-ring (bicyclic) bond motifs is 1. The molecule has 1 saturated carbocycles. The molecule has 0 bridgehead atoms. The Kier molecular flexibility index (Phi) is 3.85. The van der Waals surface area contributed by atoms with Gasteiger partial charge >= 0.3 is 0 Å². The molecule has 0 radical (unpaired) electrons. The number of carbonyl (C=O) groups is 1. The third-order valence-corrected chi connectivity index (χ3v) is 5.38. The van der Waals surface area contributed by atoms with Crippen LogP contribution >= 0.6 is 0 Å². The van der Waals surface area contributed by atoms with Crippen molar-refractivity contribution in [2.45, 2.75) is 38.8 Å². The van der Waals surface area contributed by atoms with Crippen molar-refractivity contribution in [1.82, 2.24) is 15.2 Å². The van der Waals surface area contributed by atoms with Crippen LogP contribution in [0.4, 0.5) is 0 Å². The highest BCUT2D eigenvalue weighted by Gasteiger charge is 2.36. The lowest BCUT2D eigenvalue weighted by atomic mass is 9.93. The first-order chi connectivity index (χ1) is 11.2. The molecule has 1 saturated heterocycles. The third-order valence-electron chi connectivity index (χ3n) is 5.38. The molecule has 23 heavy (non-hydrogen) atoms. The minimum atomic E-state index is 0.345. The first-order valence-corrected chi connectivity index (χ1v) is 8.79. The molecule has 1 aromatic heterocycles. The number of carbonyl (C=O) groups excluding carboxylic acids is 1. The Hall–Kier alpha value is -1.81. The van der Waals surface area contributed by atoms with Gasteiger partial charge in [-0.15, -0.1) is 0 Å². The van der Waals surface area contributed by atoms with Crippen LogP contribution in [0.25, 0.3) is 10.9 Å². The van der Waals surface area contributed by atoms with Crippen LogP contribution < -0.4 is 5.32 Å². The topological polar surface area (TPSA) is 48.1 Å². The molecule has 1 aliphatic heterocycles. The van der Waals surface area contributed by atoms with Crippen molar-refractivity contribution in [3.8, 4) is 0 Å². The van der Waals surface area contributed by atoms with Crippen LogP contribution in [0.5, 0.6) is 0 Å². The van der Waals surface area contributed by atoms with Crippen LogP contribution in [0.2, 0.25) is 0 Å². The van der Waals surface area contributed by atoms with E-state index in [1.165, 1.54) is 16.5 Å². The zero-order valence-corrected chi connectivity index (χ0v) is 13.7. The summed E-state index contributed by atoms with van der Waals surface area (Å²) in [5.41, 5.74) is 2.54. The molecule has 0 spiro atoms. The Labute approximate surface area is 137 Å². The van der Waals surface area contributed by atoms with E-state index in [9.17, 15) is 4.79 Å². The van der Waals surface area contributed by atoms with Gasteiger partial charge in [0.2, 0.25) is 5.91 Å². The van der Waals surface area contributed by atoms with Crippen molar-refractivity contribution in [2.75, 3.05) is 13.1 Å². The summed E-state index contributed by atoms with van der Waals surface area (Å²) in [6.45, 7) is 4.97. The fourth-order valence-corrected chi connectivity index (χ4v) is 3.78. The van der Waals surface area contributed by atoms with E-state index in [0.29, 0.717) is 23.8 Å². The Morgan fingerprint density at radius 1 is 1.30 bits per heavy atom. The van der Waals surface area contributed by atoms with Crippen molar-refractivity contribution in [2.24, 2.45) is 11.8 Å². The van der Waals surface area contributed by atoms with Crippen molar-refractivity contribution in [3.63, 3.8) is 0 Å². The summed E-state index contributed by atoms with van der Waals surface area (Å²) in [7, 11) is 0. The van der Waals surface area contributed by atoms with Crippen LogP contribution in [0.15, 0.2) is 30.5 Å². The van der Waals surface area contributed by atoms with E-state index in [1.54, 1.807) is 0 Å². The number of aromatic amines is 1. The van der Waals surface area contributed by atoms with Crippen LogP contribution in [0.3, 0.4) is 0 Å². The van der Waals surface area contributed by atoms with Crippen LogP contribution in [0.1, 0.15) is 31.7 Å². The summed E-state index contributed by atoms with van der Waals surface area (Å²) < 4.78 is 0. The molecule has 2 aliphatic rings. The minimum absolute atomic E-state index is 0.345. The summed E-state index contributed by atoms with van der Waals surface area (Å²) in [6, 6.07) is 9.05. The molecule has 2 heterocycles. The second-order valence-corrected chi connectivity index (χ2v) is 7.17. The van der Waals surface area contributed by atoms with Gasteiger partial charge in [0.05, 0.1) is 0 Å². The Bertz CT molecular complexity index is 703. The fourth-order valence-electron chi connectivity index (χ4n) is 3.78. The maximum absolute atomic E-state index is 12.2. The van der Waals surface area contributed by atoms with Crippen LogP contribution in [0, 0.1) is 11.8 Å². The highest BCUT2D eigenvalue weighted by atomic mass is 16.2. The fraction of sp³-hybridized carbons (Fsp3) is 0.526. The van der Waals surface area contributed by atoms with E-state index in [2.05, 4.69) is 46.4 Å². The number of likely N-dealkylation sites (tertiary alicyclic amines) is 1. The molecule has 2 fully saturated rings. The molecule has 4 nitrogen and oxygen atoms in total. The lowest BCUT2D eigenvalue weighted by molar-refractivity contribution is -0.134. The zero-order valence-electron chi connectivity index (χ0n) is 13.7. The number of benzene rings is 1. The highest BCUT2D eigenvalue weighted by Crippen LogP contribution is 2.32. The SMILES string of the molecule is C[C@@H]1CN(C(=O)C2CC2)CC[C@H]1NCc1cccc2[nH]ccc12. The number of rotatable bonds is 4. The van der Waals surface area contributed by atoms with Gasteiger partial charge in [-0.2, -0.15) is 0 Å². The number of aromatic nitrogens is 1. The van der Waals surface area contributed by atoms with Crippen molar-refractivity contribution >= 4 is 16.8 Å². The summed E-state index contributed by atoms with van der Waals surface area (Å²) in [4.78, 5) is 17.6. The van der Waals surface area contributed by atoms with Gasteiger partial charge in [-0.05, 0) is 42.9 Å². The lowest BCUT2D eigenvalue weighted by Crippen LogP contribution is -2.50. The van der Waals surface area contributed by atoms with Gasteiger partial charge in [0.25, 0.3) is 0 Å². The second-order valence-electron chi connectivity index (χ2n) is 7.17. The molecular weight excluding hydrogens is 286 g/mol. The molecule has 0 unspecified atom stereocenters. The molecule has 122 valence electrons. The monoisotopic (exact) mass is 311 g/mol. The standard InChI is InChI=1S/C19H25N3O/c1-13-12-22(19(23)14-5-6-14)10-8-17(13)21-11-15-3-2-4-18-16(15)7-9-20-18/h2-4,7,9,13-14,17,20-21H,5-6,8,10-12H2,1H3/t13-,17-/m1/s1. The molecule has 1 amide bonds. The van der Waals surface area contributed by atoms with Crippen molar-refractivity contribution in [1.29, 1.82) is 0 Å². The summed E-state index contributed by atoms with van der Waals surface area (Å²) >= 11 is 0. The smallest absolute Gasteiger partial charge is 0.225 e. The number of H-pyrrole nitrogens is 1. The Balaban J connectivity index is 1.36. The van der Waals surface area contributed by atoms with E-state index in [-0.39, 0.29) is 0 Å². The molecule has 4 rings (SSSR count). The summed E-state index contributed by atoms with van der Waals surface area (Å²) in [6.07, 6.45) is 5.26. The number of hydrogen-bond acceptors (Lipinski definition) is 2. The third kappa shape index (κ3) is 3.00. The number of nitrogens with one attached hydrogen (secondary N) is 2. The quantitative estimate of drug-likeness (QED) is 0.912. The lowest BCUT2D eigenvalue weighted by Gasteiger charge is -2.37. The predicted octanol–water partition coefficient (Wildman–Crippen LogP) is 2.90. The van der Waals surface area contributed by atoms with Gasteiger partial charge in [-0.25, -0.2) is 0 Å². The first-order valence-electron chi connectivity index (χ1n) is 8.79. The average molecular weight is 311 g/mol. The van der Waals surface area contributed by atoms with E-state index in [4.69, 9.17) is 0 Å². The van der Waals surface area contributed by atoms with Gasteiger partial charge in [0, 0.05) is 48.7 Å². The summed E-state index contributed by atoms with van der Waals surface area (Å²) in [5, 5.41) is 5.02. The predicted molar refractivity (Wildman–Crippen MR) is 92.0 cm³/mol. The minimum Gasteiger partial charge on any atom is -0.361 e. The molecule has 2 aromatic rings. The average Bonchev–Trinajstić information content (AvgIpc) is 3.30. The Morgan fingerprint density at radius 2 is 2.17 bits per heavy atom. The van der Waals surface area contributed by atoms with Gasteiger partial charge in [-0.3, -0.25) is 4.79 Å². The molecule has 2 N–H and O–H groups in total. The molecule has 1 aromatic carbocycles. The van der Waals surface area contributed by atoms with Gasteiger partial charge in [0.1, 0.15) is 0 Å². The van der Waals surface area contributed by atoms with Gasteiger partial charge in [-0.1, -0.05) is 19.1 Å². The summed E-state index contributed by atoms with van der Waals surface area (Å²) in [5.74, 6) is 1.25. The number of hydrogen-bond donors (Lipinski definition) is 2. The van der Waals surface area contributed by atoms with E-state index >= 15 is 0 Å².